The van der Waals surface area contributed by atoms with Crippen LogP contribution in [0.5, 0.6) is 51.7 Å². The van der Waals surface area contributed by atoms with Crippen molar-refractivity contribution < 1.29 is 313 Å². The molecule has 0 saturated carbocycles. The number of hydrogen-bond acceptors (Lipinski definition) is 31. The van der Waals surface area contributed by atoms with E-state index in [2.05, 4.69) is 20.3 Å². The number of nitrogens with two attached hydrogens (primary N) is 4. The zero-order valence-electron chi connectivity index (χ0n) is 74.1. The Morgan fingerprint density at radius 2 is 0.636 bits per heavy atom. The molecule has 0 unspecified atom stereocenters. The van der Waals surface area contributed by atoms with Crippen LogP contribution in [0.15, 0.2) is 54.6 Å². The zero-order valence-corrected chi connectivity index (χ0v) is 89.2. The number of nitrogens with one attached hydrogen (secondary N) is 2. The number of phenols is 3. The zero-order chi connectivity index (χ0) is 88.6. The first-order valence-electron chi connectivity index (χ1n) is 36.7. The number of esters is 2. The van der Waals surface area contributed by atoms with E-state index in [0.717, 1.165) is 67.6 Å². The number of hydrogen-bond donors (Lipinski definition) is 9. The van der Waals surface area contributed by atoms with E-state index < -0.39 is 64.5 Å². The van der Waals surface area contributed by atoms with Crippen LogP contribution in [0.25, 0.3) is 0 Å². The summed E-state index contributed by atoms with van der Waals surface area (Å²) in [5.74, 6) is 4.26. The van der Waals surface area contributed by atoms with Gasteiger partial charge in [0.2, 0.25) is 6.29 Å². The second kappa shape index (κ2) is 77.1. The third-order valence-electron chi connectivity index (χ3n) is 11.1. The molecule has 0 spiro atoms. The van der Waals surface area contributed by atoms with E-state index in [1.54, 1.807) is 59.7 Å². The quantitative estimate of drug-likeness (QED) is 0.00459. The number of alkyl carbamates (subject to hydrolysis) is 2. The molecule has 0 aliphatic rings. The summed E-state index contributed by atoms with van der Waals surface area (Å²) in [5.41, 5.74) is 18.1. The van der Waals surface area contributed by atoms with Crippen LogP contribution in [0, 0.1) is 0 Å². The molecule has 2 amide bonds. The van der Waals surface area contributed by atoms with Gasteiger partial charge < -0.3 is 128 Å². The molecule has 0 aromatic heterocycles. The van der Waals surface area contributed by atoms with Gasteiger partial charge >= 0.3 is 210 Å². The van der Waals surface area contributed by atoms with Gasteiger partial charge in [-0.05, 0) is 215 Å². The van der Waals surface area contributed by atoms with Gasteiger partial charge in [0.1, 0.15) is 85.4 Å². The molecule has 0 heterocycles. The second-order valence-electron chi connectivity index (χ2n) is 29.6. The Morgan fingerprint density at radius 1 is 0.407 bits per heavy atom. The van der Waals surface area contributed by atoms with Crippen LogP contribution in [0.4, 0.5) is 32.3 Å². The van der Waals surface area contributed by atoms with Crippen LogP contribution in [0.2, 0.25) is 0 Å². The van der Waals surface area contributed by atoms with Crippen LogP contribution in [-0.4, -0.2) is 200 Å². The minimum absolute atomic E-state index is 0. The summed E-state index contributed by atoms with van der Waals surface area (Å²) in [5, 5.41) is 39.8. The van der Waals surface area contributed by atoms with Crippen molar-refractivity contribution in [2.45, 2.75) is 241 Å². The molecule has 3 aromatic carbocycles. The van der Waals surface area contributed by atoms with Crippen molar-refractivity contribution in [1.29, 1.82) is 0 Å². The van der Waals surface area contributed by atoms with Gasteiger partial charge in [0.25, 0.3) is 6.47 Å². The maximum Gasteiger partial charge on any atom is 1.00 e. The Hall–Kier alpha value is -3.55. The molecule has 118 heavy (non-hydrogen) atoms. The van der Waals surface area contributed by atoms with E-state index in [9.17, 15) is 41.9 Å². The molecule has 3 rings (SSSR count). The fourth-order valence-electron chi connectivity index (χ4n) is 6.92. The summed E-state index contributed by atoms with van der Waals surface area (Å²) in [6.07, 6.45) is -0.641. The Morgan fingerprint density at radius 3 is 0.839 bits per heavy atom. The maximum absolute atomic E-state index is 11.9. The number of halogens is 5. The van der Waals surface area contributed by atoms with Crippen molar-refractivity contribution in [3.63, 3.8) is 0 Å². The number of aromatic hydroxyl groups is 3. The van der Waals surface area contributed by atoms with E-state index >= 15 is 0 Å². The summed E-state index contributed by atoms with van der Waals surface area (Å²) >= 11 is 10.6. The van der Waals surface area contributed by atoms with E-state index in [-0.39, 0.29) is 216 Å². The largest absolute Gasteiger partial charge is 1.00 e. The first-order valence-corrected chi connectivity index (χ1v) is 37.8. The SMILES string of the molecule is CC(C)(C)OC(=O)CCCCOc1cc(OCCCCC(=O)OC(C)(C)C)cc(OCCCNC(=O)OC(C)(C)C)c1.CC(C)(C)OC(=O)NCCCCl.CC(C)(C)OC(=O)OC(=O)OC(C)(C)C.NCCCCl.NCCCOc1cc(OCCCN)cc(OCCCN)c1.O=CC(F)(F)F.O=CO[O-].Oc1cc(O)cc(O)c1.[Cs+].[Cs+].[H-].[Na+].[OH-]. The van der Waals surface area contributed by atoms with E-state index in [0.29, 0.717) is 153 Å². The fourth-order valence-corrected chi connectivity index (χ4v) is 7.21. The van der Waals surface area contributed by atoms with E-state index in [1.165, 1.54) is 0 Å². The Balaban J connectivity index is -0.000000161. The molecule has 33 nitrogen and oxygen atoms in total. The minimum atomic E-state index is -4.64. The van der Waals surface area contributed by atoms with Gasteiger partial charge in [0, 0.05) is 92.3 Å². The summed E-state index contributed by atoms with van der Waals surface area (Å²) in [6, 6.07) is 14.3. The van der Waals surface area contributed by atoms with Crippen molar-refractivity contribution in [2.75, 3.05) is 90.7 Å². The number of aldehydes is 1. The first kappa shape index (κ1) is 132. The summed E-state index contributed by atoms with van der Waals surface area (Å²) in [6.45, 7) is 38.3. The molecule has 0 radical (unpaired) electrons. The normalized spacial score (nSPS) is 10.5. The Bertz CT molecular complexity index is 2820. The molecule has 3 aromatic rings. The van der Waals surface area contributed by atoms with Crippen molar-refractivity contribution >= 4 is 72.4 Å². The monoisotopic (exact) mass is 1990 g/mol. The number of phenolic OH excluding ortho intramolecular Hbond substituents is 3. The number of unbranched alkanes of at least 4 members (excludes halogenated alkanes) is 2. The number of amides is 2. The predicted molar refractivity (Wildman–Crippen MR) is 426 cm³/mol. The van der Waals surface area contributed by atoms with Gasteiger partial charge in [-0.1, -0.05) is 0 Å². The third kappa shape index (κ3) is 103. The molecule has 0 aliphatic carbocycles. The van der Waals surface area contributed by atoms with Gasteiger partial charge in [-0.15, -0.1) is 23.2 Å². The number of carbonyl (C=O) groups excluding carboxylic acids is 8. The second-order valence-corrected chi connectivity index (χ2v) is 30.3. The summed E-state index contributed by atoms with van der Waals surface area (Å²) < 4.78 is 101. The van der Waals surface area contributed by atoms with Crippen LogP contribution in [-0.2, 0) is 57.2 Å². The van der Waals surface area contributed by atoms with Crippen LogP contribution >= 0.6 is 23.2 Å². The molecule has 0 aliphatic heterocycles. The fraction of sp³-hybridized carbons (Fsp3) is 0.662. The topological polar surface area (TPSA) is 508 Å². The molecule has 0 atom stereocenters. The van der Waals surface area contributed by atoms with Gasteiger partial charge in [-0.25, -0.2) is 19.2 Å². The Labute approximate surface area is 846 Å². The molecular weight excluding hydrogens is 1860 g/mol. The average Bonchev–Trinajstić information content (AvgIpc) is 0.873. The molecule has 14 N–H and O–H groups in total. The van der Waals surface area contributed by atoms with Crippen molar-refractivity contribution in [2.24, 2.45) is 22.9 Å². The molecular formula is C77H132Cl2Cs2F3N6NaO27. The standard InChI is InChI=1S/C32H53NO9.C15H27N3O3.C10H18O5.C8H16ClNO2.C6H6O3.C3H8ClN.C2HF3O.CH2O3.2Cs.Na.H2O.H/c1-30(2,3)40-27(34)15-10-12-18-37-24-21-25(38-19-13-11-16-28(35)41-31(4,5)6)23-26(22-24)39-20-14-17-33-29(36)42-32(7,8)9;16-4-1-7-19-13-10-14(20-8-2-5-17)12-15(11-13)21-9-3-6-18;1-9(2,3)14-7(11)13-8(12)15-10(4,5)6;1-8(2,3)12-7(11)10-6-4-5-9;7-4-1-5(8)3-6(9)2-4;4-2-1-3-5;3-2(4,5)1-6;2-1-4-3;;;;;/h21-23H,10-20H2,1-9H3,(H,33,36);10-12H,1-9,16-18H2;1-6H3;4-6H2,1-3H3,(H,10,11);1-3,7-9H;1-3,5H2;1H;1,3H;;;;1H2;/q;;;;;;;;3*+1;;-1/p-2. The number of benzene rings is 3. The van der Waals surface area contributed by atoms with E-state index in [1.807, 2.05) is 101 Å². The summed E-state index contributed by atoms with van der Waals surface area (Å²) in [4.78, 5) is 88.6. The Kier molecular flexibility index (Phi) is 86.5. The number of rotatable bonds is 35. The third-order valence-corrected chi connectivity index (χ3v) is 11.6. The van der Waals surface area contributed by atoms with Crippen molar-refractivity contribution in [3.8, 4) is 51.7 Å². The average molecular weight is 1990 g/mol. The minimum Gasteiger partial charge on any atom is -1.00 e. The van der Waals surface area contributed by atoms with Crippen LogP contribution in [0.3, 0.4) is 0 Å². The smallest absolute Gasteiger partial charge is 1.00 e. The van der Waals surface area contributed by atoms with Crippen LogP contribution in [0.1, 0.15) is 203 Å². The predicted octanol–water partition coefficient (Wildman–Crippen LogP) is 4.15. The number of carbonyl (C=O) groups is 8. The van der Waals surface area contributed by atoms with Gasteiger partial charge in [-0.2, -0.15) is 13.2 Å². The molecule has 0 fully saturated rings. The number of alkyl halides is 5. The maximum atomic E-state index is 11.9. The van der Waals surface area contributed by atoms with Crippen molar-refractivity contribution in [1.82, 2.24) is 10.6 Å². The van der Waals surface area contributed by atoms with Crippen molar-refractivity contribution in [3.05, 3.63) is 54.6 Å². The number of ether oxygens (including phenoxy) is 13. The first-order chi connectivity index (χ1) is 52.7. The molecule has 0 saturated heterocycles. The molecule has 0 bridgehead atoms. The molecule has 670 valence electrons. The van der Waals surface area contributed by atoms with Gasteiger partial charge in [-0.3, -0.25) is 19.2 Å². The van der Waals surface area contributed by atoms with E-state index in [4.69, 9.17) is 133 Å². The van der Waals surface area contributed by atoms with Crippen LogP contribution < -0.4 is 235 Å². The molecule has 41 heteroatoms. The summed E-state index contributed by atoms with van der Waals surface area (Å²) in [7, 11) is 0. The van der Waals surface area contributed by atoms with Gasteiger partial charge in [0.05, 0.1) is 39.6 Å². The van der Waals surface area contributed by atoms with Gasteiger partial charge in [0.15, 0.2) is 0 Å².